The maximum absolute atomic E-state index is 5.61. The van der Waals surface area contributed by atoms with Gasteiger partial charge >= 0.3 is 0 Å². The molecule has 0 bridgehead atoms. The number of furan rings is 1. The molecule has 4 heteroatoms. The highest BCUT2D eigenvalue weighted by Crippen LogP contribution is 2.24. The largest absolute Gasteiger partial charge is 0.443 e. The molecule has 0 saturated heterocycles. The van der Waals surface area contributed by atoms with Gasteiger partial charge in [0.25, 0.3) is 0 Å². The number of hydrogen-bond donors (Lipinski definition) is 1. The number of nitrogens with zero attached hydrogens (tertiary/aromatic N) is 1. The van der Waals surface area contributed by atoms with Gasteiger partial charge in [-0.3, -0.25) is 0 Å². The zero-order valence-corrected chi connectivity index (χ0v) is 9.43. The first kappa shape index (κ1) is 9.96. The smallest absolute Gasteiger partial charge is 0.235 e. The van der Waals surface area contributed by atoms with Crippen molar-refractivity contribution in [3.05, 3.63) is 47.5 Å². The first-order valence-corrected chi connectivity index (χ1v) is 5.40. The second-order valence-electron chi connectivity index (χ2n) is 4.09. The third-order valence-electron chi connectivity index (χ3n) is 2.66. The molecule has 0 aliphatic carbocycles. The second kappa shape index (κ2) is 3.66. The number of oxazole rings is 1. The summed E-state index contributed by atoms with van der Waals surface area (Å²) in [6, 6.07) is 8.25. The summed E-state index contributed by atoms with van der Waals surface area (Å²) in [6.45, 7) is 2.06. The van der Waals surface area contributed by atoms with Crippen LogP contribution in [0.5, 0.6) is 0 Å². The van der Waals surface area contributed by atoms with Gasteiger partial charge in [0.15, 0.2) is 11.4 Å². The minimum atomic E-state index is 0.281. The van der Waals surface area contributed by atoms with Crippen molar-refractivity contribution in [2.75, 3.05) is 5.73 Å². The van der Waals surface area contributed by atoms with E-state index in [-0.39, 0.29) is 5.88 Å². The molecule has 2 N–H and O–H groups in total. The Balaban J connectivity index is 1.94. The minimum absolute atomic E-state index is 0.281. The number of hydrogen-bond acceptors (Lipinski definition) is 4. The van der Waals surface area contributed by atoms with Gasteiger partial charge in [-0.05, 0) is 12.5 Å². The maximum Gasteiger partial charge on any atom is 0.235 e. The molecule has 0 aliphatic rings. The third kappa shape index (κ3) is 1.78. The summed E-state index contributed by atoms with van der Waals surface area (Å²) in [5.41, 5.74) is 9.21. The van der Waals surface area contributed by atoms with E-state index in [1.807, 2.05) is 6.07 Å². The van der Waals surface area contributed by atoms with E-state index >= 15 is 0 Å². The van der Waals surface area contributed by atoms with Gasteiger partial charge in [-0.15, -0.1) is 0 Å². The van der Waals surface area contributed by atoms with Gasteiger partial charge in [-0.25, -0.2) is 4.98 Å². The number of rotatable bonds is 2. The van der Waals surface area contributed by atoms with Gasteiger partial charge in [-0.2, -0.15) is 0 Å². The van der Waals surface area contributed by atoms with Crippen LogP contribution in [0.2, 0.25) is 0 Å². The highest BCUT2D eigenvalue weighted by atomic mass is 16.4. The number of anilines is 1. The highest BCUT2D eigenvalue weighted by Gasteiger charge is 2.12. The van der Waals surface area contributed by atoms with Crippen LogP contribution in [-0.2, 0) is 6.42 Å². The van der Waals surface area contributed by atoms with Crippen molar-refractivity contribution in [1.29, 1.82) is 0 Å². The first-order valence-electron chi connectivity index (χ1n) is 5.40. The molecule has 0 aliphatic heterocycles. The molecule has 0 radical (unpaired) electrons. The van der Waals surface area contributed by atoms with Gasteiger partial charge in [-0.1, -0.05) is 29.8 Å². The van der Waals surface area contributed by atoms with E-state index in [0.29, 0.717) is 23.4 Å². The molecular weight excluding hydrogens is 216 g/mol. The van der Waals surface area contributed by atoms with E-state index in [2.05, 4.69) is 30.1 Å². The van der Waals surface area contributed by atoms with Crippen molar-refractivity contribution in [2.45, 2.75) is 13.3 Å². The van der Waals surface area contributed by atoms with Gasteiger partial charge in [0.1, 0.15) is 6.26 Å². The predicted octanol–water partition coefficient (Wildman–Crippen LogP) is 2.90. The quantitative estimate of drug-likeness (QED) is 0.732. The molecule has 0 saturated carbocycles. The lowest BCUT2D eigenvalue weighted by Gasteiger charge is -1.98. The molecule has 2 heterocycles. The Morgan fingerprint density at radius 1 is 1.35 bits per heavy atom. The predicted molar refractivity (Wildman–Crippen MR) is 64.7 cm³/mol. The molecule has 2 aromatic heterocycles. The number of nitrogens with two attached hydrogens (primary N) is 1. The summed E-state index contributed by atoms with van der Waals surface area (Å²) in [6.07, 6.45) is 2.17. The molecule has 1 aromatic carbocycles. The maximum atomic E-state index is 5.61. The van der Waals surface area contributed by atoms with Crippen LogP contribution >= 0.6 is 0 Å². The van der Waals surface area contributed by atoms with E-state index in [1.165, 1.54) is 17.4 Å². The normalized spacial score (nSPS) is 11.1. The Morgan fingerprint density at radius 3 is 3.00 bits per heavy atom. The highest BCUT2D eigenvalue weighted by molar-refractivity contribution is 5.81. The van der Waals surface area contributed by atoms with E-state index in [0.717, 1.165) is 0 Å². The summed E-state index contributed by atoms with van der Waals surface area (Å²) in [7, 11) is 0. The summed E-state index contributed by atoms with van der Waals surface area (Å²) < 4.78 is 10.6. The molecule has 17 heavy (non-hydrogen) atoms. The Labute approximate surface area is 98.0 Å². The van der Waals surface area contributed by atoms with Gasteiger partial charge in [0.05, 0.1) is 0 Å². The van der Waals surface area contributed by atoms with Crippen LogP contribution in [0.4, 0.5) is 5.88 Å². The fourth-order valence-electron chi connectivity index (χ4n) is 1.88. The standard InChI is InChI=1S/C13H12N2O2/c1-8-3-2-4-9(5-8)6-11-15-10-7-16-13(14)12(10)17-11/h2-5,7H,6,14H2,1H3. The zero-order valence-electron chi connectivity index (χ0n) is 9.43. The second-order valence-corrected chi connectivity index (χ2v) is 4.09. The van der Waals surface area contributed by atoms with Crippen LogP contribution < -0.4 is 5.73 Å². The van der Waals surface area contributed by atoms with E-state index in [9.17, 15) is 0 Å². The van der Waals surface area contributed by atoms with Crippen LogP contribution in [-0.4, -0.2) is 4.98 Å². The molecule has 0 amide bonds. The summed E-state index contributed by atoms with van der Waals surface area (Å²) in [5, 5.41) is 0. The molecule has 3 rings (SSSR count). The minimum Gasteiger partial charge on any atom is -0.443 e. The van der Waals surface area contributed by atoms with Crippen LogP contribution in [0.3, 0.4) is 0 Å². The molecule has 0 atom stereocenters. The van der Waals surface area contributed by atoms with Crippen molar-refractivity contribution < 1.29 is 8.83 Å². The number of aromatic nitrogens is 1. The van der Waals surface area contributed by atoms with Gasteiger partial charge in [0.2, 0.25) is 11.5 Å². The monoisotopic (exact) mass is 228 g/mol. The molecule has 86 valence electrons. The Kier molecular flexibility index (Phi) is 2.14. The van der Waals surface area contributed by atoms with Gasteiger partial charge in [0, 0.05) is 6.42 Å². The molecule has 0 spiro atoms. The average Bonchev–Trinajstić information content (AvgIpc) is 2.82. The van der Waals surface area contributed by atoms with Crippen LogP contribution in [0.25, 0.3) is 11.1 Å². The molecule has 0 unspecified atom stereocenters. The fraction of sp³-hybridized carbons (Fsp3) is 0.154. The number of benzene rings is 1. The molecule has 3 aromatic rings. The van der Waals surface area contributed by atoms with Crippen LogP contribution in [0.15, 0.2) is 39.4 Å². The third-order valence-corrected chi connectivity index (χ3v) is 2.66. The van der Waals surface area contributed by atoms with Crippen molar-refractivity contribution in [2.24, 2.45) is 0 Å². The lowest BCUT2D eigenvalue weighted by molar-refractivity contribution is 0.525. The lowest BCUT2D eigenvalue weighted by Crippen LogP contribution is -1.88. The number of fused-ring (bicyclic) bond motifs is 1. The Morgan fingerprint density at radius 2 is 2.24 bits per heavy atom. The number of nitrogen functional groups attached to an aromatic ring is 1. The zero-order chi connectivity index (χ0) is 11.8. The van der Waals surface area contributed by atoms with Crippen molar-refractivity contribution in [3.63, 3.8) is 0 Å². The number of aryl methyl sites for hydroxylation is 1. The van der Waals surface area contributed by atoms with Crippen molar-refractivity contribution in [3.8, 4) is 0 Å². The van der Waals surface area contributed by atoms with Crippen molar-refractivity contribution >= 4 is 17.0 Å². The SMILES string of the molecule is Cc1cccc(Cc2nc3coc(N)c3o2)c1. The summed E-state index contributed by atoms with van der Waals surface area (Å²) in [5.74, 6) is 0.936. The lowest BCUT2D eigenvalue weighted by atomic mass is 10.1. The molecule has 4 nitrogen and oxygen atoms in total. The van der Waals surface area contributed by atoms with E-state index < -0.39 is 0 Å². The Hall–Kier alpha value is -2.23. The molecule has 0 fully saturated rings. The average molecular weight is 228 g/mol. The first-order chi connectivity index (χ1) is 8.22. The van der Waals surface area contributed by atoms with E-state index in [1.54, 1.807) is 0 Å². The summed E-state index contributed by atoms with van der Waals surface area (Å²) in [4.78, 5) is 4.32. The molecular formula is C13H12N2O2. The van der Waals surface area contributed by atoms with Crippen molar-refractivity contribution in [1.82, 2.24) is 4.98 Å². The summed E-state index contributed by atoms with van der Waals surface area (Å²) >= 11 is 0. The van der Waals surface area contributed by atoms with E-state index in [4.69, 9.17) is 14.6 Å². The fourth-order valence-corrected chi connectivity index (χ4v) is 1.88. The van der Waals surface area contributed by atoms with Crippen LogP contribution in [0, 0.1) is 6.92 Å². The van der Waals surface area contributed by atoms with Gasteiger partial charge < -0.3 is 14.6 Å². The van der Waals surface area contributed by atoms with Crippen LogP contribution in [0.1, 0.15) is 17.0 Å². The Bertz CT molecular complexity index is 667. The topological polar surface area (TPSA) is 65.2 Å².